The van der Waals surface area contributed by atoms with Crippen molar-refractivity contribution in [3.8, 4) is 0 Å². The first-order chi connectivity index (χ1) is 6.50. The minimum Gasteiger partial charge on any atom is -0.480 e. The lowest BCUT2D eigenvalue weighted by Gasteiger charge is -2.03. The van der Waals surface area contributed by atoms with Gasteiger partial charge in [0.25, 0.3) is 0 Å². The molecule has 0 amide bonds. The van der Waals surface area contributed by atoms with Gasteiger partial charge in [-0.25, -0.2) is 0 Å². The number of rotatable bonds is 4. The minimum atomic E-state index is -0.940. The van der Waals surface area contributed by atoms with Gasteiger partial charge >= 0.3 is 5.97 Å². The van der Waals surface area contributed by atoms with Crippen LogP contribution in [0.3, 0.4) is 0 Å². The van der Waals surface area contributed by atoms with Gasteiger partial charge in [-0.05, 0) is 18.1 Å². The van der Waals surface area contributed by atoms with Gasteiger partial charge in [0.1, 0.15) is 6.04 Å². The van der Waals surface area contributed by atoms with E-state index < -0.39 is 12.0 Å². The van der Waals surface area contributed by atoms with E-state index in [1.807, 2.05) is 12.1 Å². The highest BCUT2D eigenvalue weighted by atomic mass is 32.1. The van der Waals surface area contributed by atoms with Crippen molar-refractivity contribution in [2.45, 2.75) is 32.2 Å². The van der Waals surface area contributed by atoms with Crippen molar-refractivity contribution in [3.05, 3.63) is 21.9 Å². The van der Waals surface area contributed by atoms with Crippen molar-refractivity contribution < 1.29 is 9.90 Å². The number of nitrogens with two attached hydrogens (primary N) is 1. The Bertz CT molecular complexity index is 320. The first-order valence-corrected chi connectivity index (χ1v) is 5.39. The predicted molar refractivity (Wildman–Crippen MR) is 57.7 cm³/mol. The second kappa shape index (κ2) is 4.57. The van der Waals surface area contributed by atoms with E-state index >= 15 is 0 Å². The lowest BCUT2D eigenvalue weighted by molar-refractivity contribution is -0.138. The Morgan fingerprint density at radius 3 is 2.64 bits per heavy atom. The van der Waals surface area contributed by atoms with Crippen molar-refractivity contribution in [3.63, 3.8) is 0 Å². The summed E-state index contributed by atoms with van der Waals surface area (Å²) in [6.45, 7) is 4.24. The molecule has 1 heterocycles. The van der Waals surface area contributed by atoms with Gasteiger partial charge in [-0.2, -0.15) is 0 Å². The molecule has 1 aromatic heterocycles. The maximum atomic E-state index is 10.5. The molecule has 3 N–H and O–H groups in total. The molecule has 0 aliphatic rings. The van der Waals surface area contributed by atoms with E-state index in [0.717, 1.165) is 4.88 Å². The molecule has 14 heavy (non-hydrogen) atoms. The van der Waals surface area contributed by atoms with Gasteiger partial charge in [-0.3, -0.25) is 4.79 Å². The quantitative estimate of drug-likeness (QED) is 0.802. The van der Waals surface area contributed by atoms with Crippen LogP contribution in [0.2, 0.25) is 0 Å². The first-order valence-electron chi connectivity index (χ1n) is 4.57. The van der Waals surface area contributed by atoms with Crippen LogP contribution >= 0.6 is 11.3 Å². The molecular formula is C10H15NO2S. The average molecular weight is 213 g/mol. The van der Waals surface area contributed by atoms with Crippen LogP contribution in [0.25, 0.3) is 0 Å². The Morgan fingerprint density at radius 2 is 2.21 bits per heavy atom. The van der Waals surface area contributed by atoms with E-state index in [9.17, 15) is 4.79 Å². The van der Waals surface area contributed by atoms with Gasteiger partial charge in [0.15, 0.2) is 0 Å². The van der Waals surface area contributed by atoms with Crippen LogP contribution in [0.15, 0.2) is 12.1 Å². The maximum absolute atomic E-state index is 10.5. The average Bonchev–Trinajstić information content (AvgIpc) is 2.52. The zero-order chi connectivity index (χ0) is 10.7. The Hall–Kier alpha value is -0.870. The summed E-state index contributed by atoms with van der Waals surface area (Å²) in [5.74, 6) is -0.445. The van der Waals surface area contributed by atoms with Crippen molar-refractivity contribution >= 4 is 17.3 Å². The molecule has 0 aliphatic carbocycles. The molecule has 1 rings (SSSR count). The highest BCUT2D eigenvalue weighted by molar-refractivity contribution is 7.12. The van der Waals surface area contributed by atoms with Crippen LogP contribution in [0.4, 0.5) is 0 Å². The molecule has 0 aromatic carbocycles. The molecule has 0 spiro atoms. The number of aliphatic carboxylic acids is 1. The fourth-order valence-corrected chi connectivity index (χ4v) is 2.19. The zero-order valence-electron chi connectivity index (χ0n) is 8.36. The zero-order valence-corrected chi connectivity index (χ0v) is 9.17. The van der Waals surface area contributed by atoms with E-state index in [2.05, 4.69) is 13.8 Å². The summed E-state index contributed by atoms with van der Waals surface area (Å²) in [5, 5.41) is 8.64. The summed E-state index contributed by atoms with van der Waals surface area (Å²) in [5.41, 5.74) is 5.44. The van der Waals surface area contributed by atoms with Crippen molar-refractivity contribution in [1.82, 2.24) is 0 Å². The predicted octanol–water partition coefficient (Wildman–Crippen LogP) is 1.83. The number of hydrogen-bond acceptors (Lipinski definition) is 3. The fraction of sp³-hybridized carbons (Fsp3) is 0.500. The first kappa shape index (κ1) is 11.2. The molecule has 0 bridgehead atoms. The Morgan fingerprint density at radius 1 is 1.57 bits per heavy atom. The summed E-state index contributed by atoms with van der Waals surface area (Å²) in [7, 11) is 0. The largest absolute Gasteiger partial charge is 0.480 e. The summed E-state index contributed by atoms with van der Waals surface area (Å²) < 4.78 is 0. The highest BCUT2D eigenvalue weighted by Crippen LogP contribution is 2.24. The summed E-state index contributed by atoms with van der Waals surface area (Å²) in [6.07, 6.45) is 0.423. The molecule has 0 saturated carbocycles. The Balaban J connectivity index is 2.64. The summed E-state index contributed by atoms with van der Waals surface area (Å²) >= 11 is 1.64. The number of carboxylic acid groups (broad SMARTS) is 1. The van der Waals surface area contributed by atoms with E-state index in [1.54, 1.807) is 11.3 Å². The van der Waals surface area contributed by atoms with Crippen LogP contribution < -0.4 is 5.73 Å². The van der Waals surface area contributed by atoms with Gasteiger partial charge in [-0.1, -0.05) is 13.8 Å². The number of carbonyl (C=O) groups is 1. The van der Waals surface area contributed by atoms with Gasteiger partial charge < -0.3 is 10.8 Å². The SMILES string of the molecule is CC(C)c1ccc(C[C@H](N)C(=O)O)s1. The van der Waals surface area contributed by atoms with E-state index in [4.69, 9.17) is 10.8 Å². The second-order valence-electron chi connectivity index (χ2n) is 3.61. The van der Waals surface area contributed by atoms with Gasteiger partial charge in [0.2, 0.25) is 0 Å². The normalized spacial score (nSPS) is 13.1. The smallest absolute Gasteiger partial charge is 0.320 e. The molecule has 3 nitrogen and oxygen atoms in total. The van der Waals surface area contributed by atoms with Gasteiger partial charge in [0, 0.05) is 16.2 Å². The van der Waals surface area contributed by atoms with Crippen LogP contribution in [0.5, 0.6) is 0 Å². The lowest BCUT2D eigenvalue weighted by Crippen LogP contribution is -2.31. The van der Waals surface area contributed by atoms with E-state index in [-0.39, 0.29) is 0 Å². The Labute approximate surface area is 87.6 Å². The number of thiophene rings is 1. The van der Waals surface area contributed by atoms with Crippen LogP contribution in [0, 0.1) is 0 Å². The molecule has 78 valence electrons. The van der Waals surface area contributed by atoms with E-state index in [1.165, 1.54) is 4.88 Å². The topological polar surface area (TPSA) is 63.3 Å². The minimum absolute atomic E-state index is 0.423. The molecule has 0 aliphatic heterocycles. The molecule has 1 aromatic rings. The molecule has 0 radical (unpaired) electrons. The third kappa shape index (κ3) is 2.82. The highest BCUT2D eigenvalue weighted by Gasteiger charge is 2.13. The molecule has 1 atom stereocenters. The van der Waals surface area contributed by atoms with Crippen molar-refractivity contribution in [1.29, 1.82) is 0 Å². The van der Waals surface area contributed by atoms with Crippen LogP contribution in [-0.2, 0) is 11.2 Å². The van der Waals surface area contributed by atoms with Crippen molar-refractivity contribution in [2.75, 3.05) is 0 Å². The monoisotopic (exact) mass is 213 g/mol. The van der Waals surface area contributed by atoms with Gasteiger partial charge in [0.05, 0.1) is 0 Å². The third-order valence-corrected chi connectivity index (χ3v) is 3.40. The summed E-state index contributed by atoms with van der Waals surface area (Å²) in [4.78, 5) is 12.8. The molecule has 4 heteroatoms. The van der Waals surface area contributed by atoms with Crippen molar-refractivity contribution in [2.24, 2.45) is 5.73 Å². The van der Waals surface area contributed by atoms with Gasteiger partial charge in [-0.15, -0.1) is 11.3 Å². The standard InChI is InChI=1S/C10H15NO2S/c1-6(2)9-4-3-7(14-9)5-8(11)10(12)13/h3-4,6,8H,5,11H2,1-2H3,(H,12,13)/t8-/m0/s1. The maximum Gasteiger partial charge on any atom is 0.320 e. The van der Waals surface area contributed by atoms with E-state index in [0.29, 0.717) is 12.3 Å². The molecular weight excluding hydrogens is 198 g/mol. The number of carboxylic acids is 1. The van der Waals surface area contributed by atoms with Crippen LogP contribution in [0.1, 0.15) is 29.5 Å². The third-order valence-electron chi connectivity index (χ3n) is 1.99. The molecule has 0 unspecified atom stereocenters. The fourth-order valence-electron chi connectivity index (χ4n) is 1.12. The Kier molecular flexibility index (Phi) is 3.66. The summed E-state index contributed by atoms with van der Waals surface area (Å²) in [6, 6.07) is 3.22. The number of hydrogen-bond donors (Lipinski definition) is 2. The lowest BCUT2D eigenvalue weighted by atomic mass is 10.1. The molecule has 0 saturated heterocycles. The van der Waals surface area contributed by atoms with Crippen LogP contribution in [-0.4, -0.2) is 17.1 Å². The second-order valence-corrected chi connectivity index (χ2v) is 4.81. The molecule has 0 fully saturated rings.